The number of hydrogen-bond acceptors (Lipinski definition) is 6. The second-order valence-electron chi connectivity index (χ2n) is 7.08. The fourth-order valence-corrected chi connectivity index (χ4v) is 3.20. The number of ether oxygens (including phenoxy) is 1. The highest BCUT2D eigenvalue weighted by Crippen LogP contribution is 2.18. The van der Waals surface area contributed by atoms with Crippen molar-refractivity contribution in [1.29, 1.82) is 0 Å². The van der Waals surface area contributed by atoms with E-state index in [4.69, 9.17) is 4.74 Å². The van der Waals surface area contributed by atoms with Gasteiger partial charge in [0.05, 0.1) is 18.1 Å². The largest absolute Gasteiger partial charge is 0.484 e. The van der Waals surface area contributed by atoms with Gasteiger partial charge in [0, 0.05) is 13.1 Å². The molecule has 0 aliphatic rings. The molecule has 2 N–H and O–H groups in total. The number of hydrogen-bond donors (Lipinski definition) is 2. The molecule has 0 saturated carbocycles. The highest BCUT2D eigenvalue weighted by atomic mass is 19.1. The lowest BCUT2D eigenvalue weighted by Crippen LogP contribution is -2.31. The van der Waals surface area contributed by atoms with Crippen LogP contribution in [-0.2, 0) is 17.8 Å². The van der Waals surface area contributed by atoms with E-state index >= 15 is 0 Å². The molecule has 164 valence electrons. The number of nitrogens with zero attached hydrogens (tertiary/aromatic N) is 4. The Kier molecular flexibility index (Phi) is 6.86. The minimum atomic E-state index is -0.355. The first-order chi connectivity index (χ1) is 15.7. The number of anilines is 1. The number of rotatable bonds is 10. The molecular weight excluding hydrogens is 411 g/mol. The summed E-state index contributed by atoms with van der Waals surface area (Å²) in [7, 11) is 0. The van der Waals surface area contributed by atoms with E-state index in [9.17, 15) is 9.18 Å². The second-order valence-corrected chi connectivity index (χ2v) is 7.08. The predicted molar refractivity (Wildman–Crippen MR) is 119 cm³/mol. The minimum Gasteiger partial charge on any atom is -0.484 e. The maximum Gasteiger partial charge on any atom is 0.258 e. The van der Waals surface area contributed by atoms with Crippen molar-refractivity contribution in [3.63, 3.8) is 0 Å². The van der Waals surface area contributed by atoms with Crippen LogP contribution in [0.1, 0.15) is 5.56 Å². The fraction of sp³-hybridized carbons (Fsp3) is 0.217. The Morgan fingerprint density at radius 1 is 1.03 bits per heavy atom. The normalized spacial score (nSPS) is 10.8. The monoisotopic (exact) mass is 434 g/mol. The van der Waals surface area contributed by atoms with Crippen molar-refractivity contribution >= 4 is 22.8 Å². The zero-order chi connectivity index (χ0) is 22.2. The summed E-state index contributed by atoms with van der Waals surface area (Å²) in [4.78, 5) is 20.7. The average Bonchev–Trinajstić information content (AvgIpc) is 3.23. The molecule has 2 aromatic carbocycles. The van der Waals surface area contributed by atoms with Crippen LogP contribution in [0.25, 0.3) is 11.0 Å². The summed E-state index contributed by atoms with van der Waals surface area (Å²) in [6, 6.07) is 15.7. The Morgan fingerprint density at radius 2 is 1.84 bits per heavy atom. The highest BCUT2D eigenvalue weighted by molar-refractivity contribution is 5.86. The molecule has 2 heterocycles. The van der Waals surface area contributed by atoms with E-state index in [2.05, 4.69) is 37.8 Å². The summed E-state index contributed by atoms with van der Waals surface area (Å²) < 4.78 is 20.0. The van der Waals surface area contributed by atoms with Crippen molar-refractivity contribution in [3.8, 4) is 5.75 Å². The zero-order valence-corrected chi connectivity index (χ0v) is 17.4. The zero-order valence-electron chi connectivity index (χ0n) is 17.4. The lowest BCUT2D eigenvalue weighted by atomic mass is 10.1. The van der Waals surface area contributed by atoms with Crippen LogP contribution in [0.3, 0.4) is 0 Å². The number of fused-ring (bicyclic) bond motifs is 1. The molecule has 2 aromatic heterocycles. The maximum absolute atomic E-state index is 12.9. The first kappa shape index (κ1) is 21.2. The molecule has 1 amide bonds. The van der Waals surface area contributed by atoms with E-state index in [-0.39, 0.29) is 18.3 Å². The molecule has 32 heavy (non-hydrogen) atoms. The third-order valence-corrected chi connectivity index (χ3v) is 4.81. The van der Waals surface area contributed by atoms with Gasteiger partial charge in [0.15, 0.2) is 12.3 Å². The Balaban J connectivity index is 1.26. The topological polar surface area (TPSA) is 94.0 Å². The maximum atomic E-state index is 12.9. The van der Waals surface area contributed by atoms with Gasteiger partial charge in [-0.25, -0.2) is 19.0 Å². The molecule has 0 unspecified atom stereocenters. The van der Waals surface area contributed by atoms with Gasteiger partial charge in [-0.2, -0.15) is 5.10 Å². The van der Waals surface area contributed by atoms with Gasteiger partial charge in [-0.1, -0.05) is 30.3 Å². The number of carbonyl (C=O) groups excluding carboxylic acids is 1. The Labute approximate surface area is 184 Å². The van der Waals surface area contributed by atoms with Crippen molar-refractivity contribution in [2.24, 2.45) is 0 Å². The van der Waals surface area contributed by atoms with Gasteiger partial charge in [0.1, 0.15) is 23.7 Å². The summed E-state index contributed by atoms with van der Waals surface area (Å²) in [5.41, 5.74) is 1.94. The molecule has 9 heteroatoms. The molecule has 0 spiro atoms. The molecule has 0 saturated heterocycles. The molecule has 0 fully saturated rings. The van der Waals surface area contributed by atoms with Gasteiger partial charge in [0.25, 0.3) is 5.91 Å². The first-order valence-electron chi connectivity index (χ1n) is 10.3. The van der Waals surface area contributed by atoms with E-state index in [0.717, 1.165) is 24.2 Å². The van der Waals surface area contributed by atoms with Gasteiger partial charge in [0.2, 0.25) is 0 Å². The van der Waals surface area contributed by atoms with Crippen molar-refractivity contribution in [2.75, 3.05) is 25.0 Å². The Morgan fingerprint density at radius 3 is 2.66 bits per heavy atom. The lowest BCUT2D eigenvalue weighted by Gasteiger charge is -2.09. The van der Waals surface area contributed by atoms with Gasteiger partial charge in [-0.3, -0.25) is 4.79 Å². The number of aromatic nitrogens is 4. The molecule has 0 atom stereocenters. The van der Waals surface area contributed by atoms with Gasteiger partial charge in [-0.15, -0.1) is 0 Å². The molecule has 0 aliphatic carbocycles. The van der Waals surface area contributed by atoms with Gasteiger partial charge in [-0.05, 0) is 36.2 Å². The van der Waals surface area contributed by atoms with Crippen molar-refractivity contribution < 1.29 is 13.9 Å². The second kappa shape index (κ2) is 10.3. The van der Waals surface area contributed by atoms with Crippen molar-refractivity contribution in [1.82, 2.24) is 25.1 Å². The first-order valence-corrected chi connectivity index (χ1v) is 10.3. The predicted octanol–water partition coefficient (Wildman–Crippen LogP) is 2.82. The van der Waals surface area contributed by atoms with E-state index < -0.39 is 0 Å². The van der Waals surface area contributed by atoms with E-state index in [1.807, 2.05) is 18.2 Å². The molecule has 4 aromatic rings. The highest BCUT2D eigenvalue weighted by Gasteiger charge is 2.10. The van der Waals surface area contributed by atoms with E-state index in [0.29, 0.717) is 24.5 Å². The van der Waals surface area contributed by atoms with E-state index in [1.54, 1.807) is 10.9 Å². The summed E-state index contributed by atoms with van der Waals surface area (Å²) >= 11 is 0. The summed E-state index contributed by atoms with van der Waals surface area (Å²) in [5, 5.41) is 11.3. The quantitative estimate of drug-likeness (QED) is 0.399. The van der Waals surface area contributed by atoms with Crippen LogP contribution in [0.4, 0.5) is 10.2 Å². The number of carbonyl (C=O) groups is 1. The molecule has 8 nitrogen and oxygen atoms in total. The third-order valence-electron chi connectivity index (χ3n) is 4.81. The van der Waals surface area contributed by atoms with Crippen LogP contribution in [0.2, 0.25) is 0 Å². The molecule has 0 bridgehead atoms. The van der Waals surface area contributed by atoms with E-state index in [1.165, 1.54) is 36.2 Å². The average molecular weight is 434 g/mol. The van der Waals surface area contributed by atoms with Crippen LogP contribution in [0, 0.1) is 5.82 Å². The smallest absolute Gasteiger partial charge is 0.258 e. The molecule has 0 radical (unpaired) electrons. The molecular formula is C23H23FN6O2. The van der Waals surface area contributed by atoms with Crippen LogP contribution in [0.5, 0.6) is 5.75 Å². The van der Waals surface area contributed by atoms with Crippen LogP contribution < -0.4 is 15.4 Å². The van der Waals surface area contributed by atoms with Gasteiger partial charge < -0.3 is 15.4 Å². The SMILES string of the molecule is O=C(COc1ccc(F)cc1)NCCn1ncc2c(NCCc3ccccc3)ncnc21. The standard InChI is InChI=1S/C23H23FN6O2/c24-18-6-8-19(9-7-18)32-15-21(31)25-12-13-30-23-20(14-29-30)22(27-16-28-23)26-11-10-17-4-2-1-3-5-17/h1-9,14,16H,10-13,15H2,(H,25,31)(H,26,27,28). The van der Waals surface area contributed by atoms with Crippen molar-refractivity contribution in [2.45, 2.75) is 13.0 Å². The van der Waals surface area contributed by atoms with Crippen LogP contribution in [0.15, 0.2) is 67.1 Å². The van der Waals surface area contributed by atoms with Gasteiger partial charge >= 0.3 is 0 Å². The number of halogens is 1. The van der Waals surface area contributed by atoms with Crippen molar-refractivity contribution in [3.05, 3.63) is 78.5 Å². The lowest BCUT2D eigenvalue weighted by molar-refractivity contribution is -0.123. The molecule has 0 aliphatic heterocycles. The number of benzene rings is 2. The number of nitrogens with one attached hydrogen (secondary N) is 2. The number of amides is 1. The van der Waals surface area contributed by atoms with Crippen LogP contribution in [-0.4, -0.2) is 45.4 Å². The summed E-state index contributed by atoms with van der Waals surface area (Å²) in [6.45, 7) is 1.41. The summed E-state index contributed by atoms with van der Waals surface area (Å²) in [5.74, 6) is 0.535. The Bertz CT molecular complexity index is 1160. The van der Waals surface area contributed by atoms with Crippen LogP contribution >= 0.6 is 0 Å². The molecule has 4 rings (SSSR count). The fourth-order valence-electron chi connectivity index (χ4n) is 3.20. The third kappa shape index (κ3) is 5.57. The summed E-state index contributed by atoms with van der Waals surface area (Å²) in [6.07, 6.45) is 4.10. The Hall–Kier alpha value is -4.01. The minimum absolute atomic E-state index is 0.150.